The molecule has 0 spiro atoms. The summed E-state index contributed by atoms with van der Waals surface area (Å²) in [6, 6.07) is 13.0. The van der Waals surface area contributed by atoms with Crippen LogP contribution in [-0.4, -0.2) is 52.0 Å². The smallest absolute Gasteiger partial charge is 0.258 e. The number of likely N-dealkylation sites (tertiary alicyclic amines) is 1. The van der Waals surface area contributed by atoms with Gasteiger partial charge in [0.1, 0.15) is 17.5 Å². The molecule has 1 aliphatic rings. The molecule has 1 N–H and O–H groups in total. The number of piperidine rings is 1. The number of amides is 1. The summed E-state index contributed by atoms with van der Waals surface area (Å²) in [5.41, 5.74) is 1.75. The van der Waals surface area contributed by atoms with Gasteiger partial charge in [-0.1, -0.05) is 6.07 Å². The number of carbonyl (C=O) groups is 1. The maximum atomic E-state index is 12.5. The zero-order chi connectivity index (χ0) is 20.1. The normalized spacial score (nSPS) is 15.1. The standard InChI is InChI=1S/C22H23N5O2/c1-27-12-9-19(10-13-27)29-18-7-5-17(6-8-18)26-22(28)16-14-24-21(25-15-16)20-4-2-3-11-23-20/h2-8,11,14-15,19H,9-10,12-13H2,1H3,(H,26,28). The highest BCUT2D eigenvalue weighted by Gasteiger charge is 2.18. The number of aromatic nitrogens is 3. The van der Waals surface area contributed by atoms with Gasteiger partial charge in [0.05, 0.1) is 5.56 Å². The van der Waals surface area contributed by atoms with Crippen LogP contribution in [0.1, 0.15) is 23.2 Å². The Balaban J connectivity index is 1.34. The largest absolute Gasteiger partial charge is 0.490 e. The minimum Gasteiger partial charge on any atom is -0.490 e. The average molecular weight is 389 g/mol. The van der Waals surface area contributed by atoms with Crippen molar-refractivity contribution in [3.05, 3.63) is 66.6 Å². The van der Waals surface area contributed by atoms with Gasteiger partial charge < -0.3 is 15.0 Å². The van der Waals surface area contributed by atoms with Gasteiger partial charge in [0.15, 0.2) is 5.82 Å². The highest BCUT2D eigenvalue weighted by Crippen LogP contribution is 2.21. The molecule has 2 aromatic heterocycles. The van der Waals surface area contributed by atoms with Gasteiger partial charge in [-0.15, -0.1) is 0 Å². The van der Waals surface area contributed by atoms with Crippen molar-refractivity contribution in [2.24, 2.45) is 0 Å². The zero-order valence-electron chi connectivity index (χ0n) is 16.3. The molecule has 1 aromatic carbocycles. The Hall–Kier alpha value is -3.32. The molecule has 4 rings (SSSR count). The fourth-order valence-corrected chi connectivity index (χ4v) is 3.19. The predicted octanol–water partition coefficient (Wildman–Crippen LogP) is 3.26. The molecule has 1 saturated heterocycles. The molecule has 0 radical (unpaired) electrons. The van der Waals surface area contributed by atoms with Crippen LogP contribution in [0.4, 0.5) is 5.69 Å². The van der Waals surface area contributed by atoms with Crippen molar-refractivity contribution < 1.29 is 9.53 Å². The second-order valence-corrected chi connectivity index (χ2v) is 7.11. The summed E-state index contributed by atoms with van der Waals surface area (Å²) in [5.74, 6) is 1.04. The number of ether oxygens (including phenoxy) is 1. The van der Waals surface area contributed by atoms with E-state index in [0.717, 1.165) is 31.7 Å². The van der Waals surface area contributed by atoms with Crippen LogP contribution in [0.15, 0.2) is 61.1 Å². The van der Waals surface area contributed by atoms with Crippen LogP contribution in [0.5, 0.6) is 5.75 Å². The lowest BCUT2D eigenvalue weighted by atomic mass is 10.1. The van der Waals surface area contributed by atoms with E-state index in [0.29, 0.717) is 22.8 Å². The van der Waals surface area contributed by atoms with Crippen molar-refractivity contribution in [3.63, 3.8) is 0 Å². The van der Waals surface area contributed by atoms with Crippen LogP contribution in [0, 0.1) is 0 Å². The Morgan fingerprint density at radius 2 is 1.76 bits per heavy atom. The Bertz CT molecular complexity index is 937. The molecule has 0 atom stereocenters. The molecule has 3 aromatic rings. The van der Waals surface area contributed by atoms with Gasteiger partial charge in [-0.3, -0.25) is 9.78 Å². The van der Waals surface area contributed by atoms with Gasteiger partial charge in [-0.25, -0.2) is 9.97 Å². The highest BCUT2D eigenvalue weighted by atomic mass is 16.5. The fraction of sp³-hybridized carbons (Fsp3) is 0.273. The Kier molecular flexibility index (Phi) is 5.76. The third-order valence-corrected chi connectivity index (χ3v) is 4.89. The van der Waals surface area contributed by atoms with E-state index in [2.05, 4.69) is 32.2 Å². The molecule has 0 aliphatic carbocycles. The second kappa shape index (κ2) is 8.79. The maximum Gasteiger partial charge on any atom is 0.258 e. The molecule has 7 nitrogen and oxygen atoms in total. The van der Waals surface area contributed by atoms with Crippen LogP contribution in [-0.2, 0) is 0 Å². The van der Waals surface area contributed by atoms with Crippen molar-refractivity contribution in [1.29, 1.82) is 0 Å². The van der Waals surface area contributed by atoms with E-state index >= 15 is 0 Å². The summed E-state index contributed by atoms with van der Waals surface area (Å²) in [7, 11) is 2.13. The first-order valence-corrected chi connectivity index (χ1v) is 9.67. The molecule has 1 fully saturated rings. The second-order valence-electron chi connectivity index (χ2n) is 7.11. The quantitative estimate of drug-likeness (QED) is 0.721. The molecule has 0 bridgehead atoms. The SMILES string of the molecule is CN1CCC(Oc2ccc(NC(=O)c3cnc(-c4ccccn4)nc3)cc2)CC1. The lowest BCUT2D eigenvalue weighted by molar-refractivity contribution is 0.102. The van der Waals surface area contributed by atoms with E-state index in [1.165, 1.54) is 12.4 Å². The molecule has 7 heteroatoms. The topological polar surface area (TPSA) is 80.2 Å². The molecule has 148 valence electrons. The molecule has 3 heterocycles. The molecule has 1 amide bonds. The number of pyridine rings is 1. The summed E-state index contributed by atoms with van der Waals surface area (Å²) < 4.78 is 6.04. The summed E-state index contributed by atoms with van der Waals surface area (Å²) in [4.78, 5) is 27.4. The molecular weight excluding hydrogens is 366 g/mol. The minimum atomic E-state index is -0.262. The Morgan fingerprint density at radius 3 is 2.41 bits per heavy atom. The summed E-state index contributed by atoms with van der Waals surface area (Å²) in [5, 5.41) is 2.86. The van der Waals surface area contributed by atoms with Crippen molar-refractivity contribution in [2.75, 3.05) is 25.5 Å². The van der Waals surface area contributed by atoms with Gasteiger partial charge in [0, 0.05) is 37.4 Å². The van der Waals surface area contributed by atoms with Crippen LogP contribution in [0.2, 0.25) is 0 Å². The third-order valence-electron chi connectivity index (χ3n) is 4.89. The number of anilines is 1. The first kappa shape index (κ1) is 19.0. The summed E-state index contributed by atoms with van der Waals surface area (Å²) in [6.07, 6.45) is 7.00. The van der Waals surface area contributed by atoms with Gasteiger partial charge in [0.2, 0.25) is 0 Å². The van der Waals surface area contributed by atoms with Crippen molar-refractivity contribution in [2.45, 2.75) is 18.9 Å². The molecule has 1 aliphatic heterocycles. The van der Waals surface area contributed by atoms with E-state index < -0.39 is 0 Å². The monoisotopic (exact) mass is 389 g/mol. The molecule has 0 unspecified atom stereocenters. The lowest BCUT2D eigenvalue weighted by Crippen LogP contribution is -2.35. The Morgan fingerprint density at radius 1 is 1.03 bits per heavy atom. The summed E-state index contributed by atoms with van der Waals surface area (Å²) in [6.45, 7) is 2.11. The number of nitrogens with one attached hydrogen (secondary N) is 1. The van der Waals surface area contributed by atoms with Crippen molar-refractivity contribution in [1.82, 2.24) is 19.9 Å². The van der Waals surface area contributed by atoms with Crippen molar-refractivity contribution in [3.8, 4) is 17.3 Å². The number of benzene rings is 1. The van der Waals surface area contributed by atoms with E-state index in [9.17, 15) is 4.79 Å². The predicted molar refractivity (Wildman–Crippen MR) is 111 cm³/mol. The van der Waals surface area contributed by atoms with Gasteiger partial charge in [-0.05, 0) is 56.3 Å². The first-order valence-electron chi connectivity index (χ1n) is 9.67. The van der Waals surface area contributed by atoms with Crippen LogP contribution in [0.25, 0.3) is 11.5 Å². The van der Waals surface area contributed by atoms with Gasteiger partial charge >= 0.3 is 0 Å². The number of hydrogen-bond acceptors (Lipinski definition) is 6. The van der Waals surface area contributed by atoms with E-state index in [1.54, 1.807) is 6.20 Å². The first-order chi connectivity index (χ1) is 14.2. The van der Waals surface area contributed by atoms with E-state index in [1.807, 2.05) is 42.5 Å². The molecular formula is C22H23N5O2. The van der Waals surface area contributed by atoms with Crippen molar-refractivity contribution >= 4 is 11.6 Å². The number of nitrogens with zero attached hydrogens (tertiary/aromatic N) is 4. The molecule has 0 saturated carbocycles. The molecule has 29 heavy (non-hydrogen) atoms. The van der Waals surface area contributed by atoms with Gasteiger partial charge in [-0.2, -0.15) is 0 Å². The lowest BCUT2D eigenvalue weighted by Gasteiger charge is -2.29. The highest BCUT2D eigenvalue weighted by molar-refractivity contribution is 6.03. The summed E-state index contributed by atoms with van der Waals surface area (Å²) >= 11 is 0. The maximum absolute atomic E-state index is 12.5. The Labute approximate surface area is 169 Å². The zero-order valence-corrected chi connectivity index (χ0v) is 16.3. The van der Waals surface area contributed by atoms with Crippen LogP contribution in [0.3, 0.4) is 0 Å². The third kappa shape index (κ3) is 4.94. The number of rotatable bonds is 5. The number of hydrogen-bond donors (Lipinski definition) is 1. The number of carbonyl (C=O) groups excluding carboxylic acids is 1. The van der Waals surface area contributed by atoms with Crippen LogP contribution >= 0.6 is 0 Å². The van der Waals surface area contributed by atoms with Crippen LogP contribution < -0.4 is 10.1 Å². The van der Waals surface area contributed by atoms with E-state index in [-0.39, 0.29) is 12.0 Å². The van der Waals surface area contributed by atoms with Gasteiger partial charge in [0.25, 0.3) is 5.91 Å². The van der Waals surface area contributed by atoms with E-state index in [4.69, 9.17) is 4.74 Å². The fourth-order valence-electron chi connectivity index (χ4n) is 3.19. The average Bonchev–Trinajstić information content (AvgIpc) is 2.77. The minimum absolute atomic E-state index is 0.251.